The van der Waals surface area contributed by atoms with Crippen molar-refractivity contribution in [2.75, 3.05) is 0 Å². The van der Waals surface area contributed by atoms with Crippen LogP contribution in [0.15, 0.2) is 206 Å². The van der Waals surface area contributed by atoms with Crippen LogP contribution < -0.4 is 35.9 Å². The molecule has 0 saturated carbocycles. The predicted octanol–water partition coefficient (Wildman–Crippen LogP) is 8.77. The van der Waals surface area contributed by atoms with E-state index in [2.05, 4.69) is 202 Å². The van der Waals surface area contributed by atoms with Crippen molar-refractivity contribution in [3.8, 4) is 0 Å². The fraction of sp³-hybridized carbons (Fsp3) is 0. The fourth-order valence-electron chi connectivity index (χ4n) is 4.82. The molecule has 0 aliphatic rings. The second-order valence-electron chi connectivity index (χ2n) is 10.1. The van der Waals surface area contributed by atoms with Crippen molar-refractivity contribution < 1.29 is 18.8 Å². The molecule has 0 atom stereocenters. The van der Waals surface area contributed by atoms with E-state index in [4.69, 9.17) is 0 Å². The Morgan fingerprint density at radius 2 is 0.532 bits per heavy atom. The predicted molar refractivity (Wildman–Crippen MR) is 210 cm³/mol. The standard InChI is InChI=1S/2C18H15P.C6H4F.HI.Pd/c2*1-4-10-16(11-5-1)19(17-12-6-2-7-13-17)18-14-8-3-9-15-18;7-6-4-2-1-3-5-6;;/h2*1-15H;2-5H;1H;/q;;;;+1/p-1. The second-order valence-corrected chi connectivity index (χ2v) is 17.8. The summed E-state index contributed by atoms with van der Waals surface area (Å²) in [6.45, 7) is 0. The van der Waals surface area contributed by atoms with Gasteiger partial charge in [0, 0.05) is 0 Å². The van der Waals surface area contributed by atoms with Crippen molar-refractivity contribution in [2.24, 2.45) is 0 Å². The second kappa shape index (κ2) is 19.5. The van der Waals surface area contributed by atoms with Crippen molar-refractivity contribution in [3.05, 3.63) is 212 Å². The van der Waals surface area contributed by atoms with Gasteiger partial charge in [0.25, 0.3) is 0 Å². The molecule has 0 spiro atoms. The minimum absolute atomic E-state index is 0.155. The summed E-state index contributed by atoms with van der Waals surface area (Å²) in [6, 6.07) is 71.3. The Labute approximate surface area is 299 Å². The molecule has 0 aliphatic heterocycles. The average Bonchev–Trinajstić information content (AvgIpc) is 3.15. The van der Waals surface area contributed by atoms with Gasteiger partial charge in [-0.05, 0) is 47.7 Å². The van der Waals surface area contributed by atoms with E-state index in [0.29, 0.717) is 14.4 Å². The normalized spacial score (nSPS) is 10.5. The van der Waals surface area contributed by atoms with Crippen LogP contribution in [0.3, 0.4) is 0 Å². The van der Waals surface area contributed by atoms with Crippen LogP contribution in [0.2, 0.25) is 0 Å². The number of hydrogen-bond acceptors (Lipinski definition) is 0. The van der Waals surface area contributed by atoms with Crippen molar-refractivity contribution in [2.45, 2.75) is 0 Å². The van der Waals surface area contributed by atoms with Gasteiger partial charge < -0.3 is 0 Å². The van der Waals surface area contributed by atoms with Crippen LogP contribution in [0.25, 0.3) is 0 Å². The third kappa shape index (κ3) is 10.9. The van der Waals surface area contributed by atoms with Gasteiger partial charge in [0.2, 0.25) is 0 Å². The molecule has 0 unspecified atom stereocenters. The summed E-state index contributed by atoms with van der Waals surface area (Å²) in [4.78, 5) is 0. The maximum atomic E-state index is 12.2. The van der Waals surface area contributed by atoms with Gasteiger partial charge in [-0.25, -0.2) is 0 Å². The van der Waals surface area contributed by atoms with Gasteiger partial charge in [-0.3, -0.25) is 0 Å². The van der Waals surface area contributed by atoms with E-state index >= 15 is 0 Å². The minimum atomic E-state index is -0.446. The zero-order chi connectivity index (χ0) is 32.5. The number of rotatable bonds is 7. The van der Waals surface area contributed by atoms with Crippen molar-refractivity contribution >= 4 is 71.2 Å². The summed E-state index contributed by atoms with van der Waals surface area (Å²) in [5.41, 5.74) is 0. The molecule has 0 nitrogen and oxygen atoms in total. The summed E-state index contributed by atoms with van der Waals surface area (Å²) < 4.78 is 13.4. The molecule has 0 saturated heterocycles. The van der Waals surface area contributed by atoms with E-state index in [-0.39, 0.29) is 5.82 Å². The Bertz CT molecular complexity index is 1540. The maximum absolute atomic E-state index is 12.2. The molecule has 5 heteroatoms. The van der Waals surface area contributed by atoms with Gasteiger partial charge in [0.05, 0.1) is 0 Å². The van der Waals surface area contributed by atoms with Gasteiger partial charge in [-0.15, -0.1) is 0 Å². The number of halogens is 2. The molecule has 0 fully saturated rings. The zero-order valence-electron chi connectivity index (χ0n) is 25.6. The Morgan fingerprint density at radius 1 is 0.319 bits per heavy atom. The molecule has 47 heavy (non-hydrogen) atoms. The van der Waals surface area contributed by atoms with Crippen LogP contribution in [0.5, 0.6) is 0 Å². The molecule has 0 aromatic heterocycles. The Balaban J connectivity index is 0.000000148. The van der Waals surface area contributed by atoms with Gasteiger partial charge in [0.15, 0.2) is 0 Å². The van der Waals surface area contributed by atoms with Gasteiger partial charge in [-0.2, -0.15) is 0 Å². The Kier molecular flexibility index (Phi) is 14.6. The van der Waals surface area contributed by atoms with Gasteiger partial charge in [0.1, 0.15) is 0 Å². The molecule has 0 radical (unpaired) electrons. The van der Waals surface area contributed by atoms with Gasteiger partial charge in [-0.1, -0.05) is 182 Å². The van der Waals surface area contributed by atoms with Crippen molar-refractivity contribution in [1.82, 2.24) is 0 Å². The summed E-state index contributed by atoms with van der Waals surface area (Å²) in [5, 5.41) is 8.39. The fourth-order valence-corrected chi connectivity index (χ4v) is 11.2. The maximum Gasteiger partial charge on any atom is -0.0134 e. The molecule has 0 bridgehead atoms. The molecule has 0 heterocycles. The molecular weight excluding hydrogens is 819 g/mol. The van der Waals surface area contributed by atoms with E-state index < -0.39 is 15.8 Å². The SMILES string of the molecule is Fc1cc[c]([Pd][I])cc1.c1ccc(P(c2ccccc2)c2ccccc2)cc1.c1ccc(P(c2ccccc2)c2ccccc2)cc1. The first-order chi connectivity index (χ1) is 23.2. The summed E-state index contributed by atoms with van der Waals surface area (Å²) in [7, 11) is -0.892. The summed E-state index contributed by atoms with van der Waals surface area (Å²) in [5.74, 6) is -0.155. The number of benzene rings is 7. The molecule has 0 N–H and O–H groups in total. The molecular formula is C42H34FIP2Pd. The monoisotopic (exact) mass is 852 g/mol. The number of hydrogen-bond donors (Lipinski definition) is 0. The third-order valence-corrected chi connectivity index (χ3v) is 15.0. The molecule has 7 aromatic rings. The molecule has 7 aromatic carbocycles. The first-order valence-corrected chi connectivity index (χ1v) is 23.2. The molecule has 0 amide bonds. The van der Waals surface area contributed by atoms with E-state index in [9.17, 15) is 4.39 Å². The van der Waals surface area contributed by atoms with Crippen molar-refractivity contribution in [3.63, 3.8) is 0 Å². The van der Waals surface area contributed by atoms with Crippen LogP contribution in [0.4, 0.5) is 4.39 Å². The molecule has 7 rings (SSSR count). The topological polar surface area (TPSA) is 0 Å². The quantitative estimate of drug-likeness (QED) is 0.0856. The Hall–Kier alpha value is -3.28. The third-order valence-electron chi connectivity index (χ3n) is 6.94. The average molecular weight is 853 g/mol. The minimum Gasteiger partial charge on any atom is -0.0622 e. The zero-order valence-corrected chi connectivity index (χ0v) is 31.1. The molecule has 0 aliphatic carbocycles. The van der Waals surface area contributed by atoms with E-state index in [0.717, 1.165) is 0 Å². The largest absolute Gasteiger partial charge is 0.0622 e. The van der Waals surface area contributed by atoms with Gasteiger partial charge >= 0.3 is 72.4 Å². The van der Waals surface area contributed by atoms with Crippen LogP contribution in [-0.2, 0) is 14.4 Å². The summed E-state index contributed by atoms with van der Waals surface area (Å²) in [6.07, 6.45) is 0. The van der Waals surface area contributed by atoms with E-state index in [1.54, 1.807) is 0 Å². The van der Waals surface area contributed by atoms with E-state index in [1.165, 1.54) is 48.0 Å². The van der Waals surface area contributed by atoms with Crippen molar-refractivity contribution in [1.29, 1.82) is 0 Å². The van der Waals surface area contributed by atoms with Crippen LogP contribution in [0, 0.1) is 5.82 Å². The van der Waals surface area contributed by atoms with Crippen LogP contribution in [-0.4, -0.2) is 0 Å². The first-order valence-electron chi connectivity index (χ1n) is 15.1. The Morgan fingerprint density at radius 3 is 0.723 bits per heavy atom. The summed E-state index contributed by atoms with van der Waals surface area (Å²) >= 11 is 2.85. The van der Waals surface area contributed by atoms with Crippen LogP contribution in [0.1, 0.15) is 0 Å². The smallest absolute Gasteiger partial charge is 0.0134 e. The first kappa shape index (κ1) is 35.0. The molecule has 236 valence electrons. The van der Waals surface area contributed by atoms with Crippen LogP contribution >= 0.6 is 35.4 Å². The van der Waals surface area contributed by atoms with E-state index in [1.807, 2.05) is 12.1 Å².